The maximum Gasteiger partial charge on any atom is 0.268 e. The average molecular weight is 797 g/mol. The van der Waals surface area contributed by atoms with Crippen molar-refractivity contribution in [3.8, 4) is 0 Å². The topological polar surface area (TPSA) is 108 Å². The first-order valence-corrected chi connectivity index (χ1v) is 24.3. The van der Waals surface area contributed by atoms with Gasteiger partial charge in [0.1, 0.15) is 13.2 Å². The van der Waals surface area contributed by atoms with Gasteiger partial charge in [0.2, 0.25) is 5.91 Å². The molecule has 0 saturated carbocycles. The van der Waals surface area contributed by atoms with Gasteiger partial charge < -0.3 is 28.8 Å². The second-order valence-corrected chi connectivity index (χ2v) is 18.2. The highest BCUT2D eigenvalue weighted by Gasteiger charge is 2.23. The lowest BCUT2D eigenvalue weighted by atomic mass is 10.0. The molecule has 324 valence electrons. The molecule has 3 unspecified atom stereocenters. The summed E-state index contributed by atoms with van der Waals surface area (Å²) in [6.07, 6.45) is 46.7. The maximum absolute atomic E-state index is 12.8. The van der Waals surface area contributed by atoms with Crippen molar-refractivity contribution in [1.29, 1.82) is 0 Å². The molecule has 0 saturated heterocycles. The Morgan fingerprint density at radius 2 is 1.05 bits per heavy atom. The fourth-order valence-electron chi connectivity index (χ4n) is 6.42. The van der Waals surface area contributed by atoms with E-state index in [0.717, 1.165) is 51.4 Å². The van der Waals surface area contributed by atoms with E-state index in [2.05, 4.69) is 43.5 Å². The van der Waals surface area contributed by atoms with Crippen LogP contribution in [0.3, 0.4) is 0 Å². The Labute approximate surface area is 340 Å². The van der Waals surface area contributed by atoms with Gasteiger partial charge in [-0.25, -0.2) is 0 Å². The van der Waals surface area contributed by atoms with E-state index in [0.29, 0.717) is 17.4 Å². The number of unbranched alkanes of at least 4 members (excludes halogenated alkanes) is 24. The highest BCUT2D eigenvalue weighted by atomic mass is 31.2. The summed E-state index contributed by atoms with van der Waals surface area (Å²) < 4.78 is 23.0. The highest BCUT2D eigenvalue weighted by Crippen LogP contribution is 2.38. The third-order valence-electron chi connectivity index (χ3n) is 10.1. The number of aliphatic hydroxyl groups excluding tert-OH is 1. The monoisotopic (exact) mass is 797 g/mol. The predicted octanol–water partition coefficient (Wildman–Crippen LogP) is 12.1. The van der Waals surface area contributed by atoms with E-state index in [1.807, 2.05) is 27.2 Å². The molecule has 1 amide bonds. The fraction of sp³-hybridized carbons (Fsp3) is 0.848. The van der Waals surface area contributed by atoms with Crippen LogP contribution in [-0.2, 0) is 18.4 Å². The molecule has 0 rings (SSSR count). The van der Waals surface area contributed by atoms with Crippen molar-refractivity contribution < 1.29 is 32.9 Å². The summed E-state index contributed by atoms with van der Waals surface area (Å²) in [6.45, 7) is 4.55. The van der Waals surface area contributed by atoms with Gasteiger partial charge in [-0.1, -0.05) is 179 Å². The van der Waals surface area contributed by atoms with Crippen LogP contribution in [0.5, 0.6) is 0 Å². The van der Waals surface area contributed by atoms with E-state index < -0.39 is 20.0 Å². The van der Waals surface area contributed by atoms with Gasteiger partial charge in [-0.15, -0.1) is 0 Å². The first kappa shape index (κ1) is 53.7. The van der Waals surface area contributed by atoms with Crippen LogP contribution in [0.25, 0.3) is 0 Å². The lowest BCUT2D eigenvalue weighted by Gasteiger charge is -2.29. The first-order valence-electron chi connectivity index (χ1n) is 22.9. The molecular formula is C46H89N2O6P. The Bertz CT molecular complexity index is 995. The van der Waals surface area contributed by atoms with Gasteiger partial charge >= 0.3 is 0 Å². The van der Waals surface area contributed by atoms with E-state index in [1.165, 1.54) is 128 Å². The number of likely N-dealkylation sites (N-methyl/N-ethyl adjacent to an activating group) is 1. The summed E-state index contributed by atoms with van der Waals surface area (Å²) in [7, 11) is 1.26. The molecule has 55 heavy (non-hydrogen) atoms. The number of carbonyl (C=O) groups is 1. The number of phosphoric acid groups is 1. The fourth-order valence-corrected chi connectivity index (χ4v) is 7.14. The third kappa shape index (κ3) is 40.7. The first-order chi connectivity index (χ1) is 26.5. The molecule has 8 nitrogen and oxygen atoms in total. The summed E-state index contributed by atoms with van der Waals surface area (Å²) in [5.41, 5.74) is 0. The summed E-state index contributed by atoms with van der Waals surface area (Å²) >= 11 is 0. The van der Waals surface area contributed by atoms with Gasteiger partial charge in [-0.2, -0.15) is 0 Å². The van der Waals surface area contributed by atoms with Gasteiger partial charge in [-0.05, 0) is 51.4 Å². The standard InChI is InChI=1S/C46H89N2O6P/c1-6-8-10-12-14-15-16-17-18-19-20-21-22-23-24-25-26-27-28-29-30-31-32-33-34-36-38-40-46(50)47-44(45(49)39-37-35-13-11-9-7-2)43-54-55(51,52)53-42-41-48(3,4)5/h16-17,19-20,37,39,44-45,49H,6-15,18,21-36,38,40-43H2,1-5H3,(H-,47,50,51,52)/b17-16-,20-19-,39-37+. The van der Waals surface area contributed by atoms with Crippen LogP contribution in [0.4, 0.5) is 0 Å². The van der Waals surface area contributed by atoms with Crippen molar-refractivity contribution in [3.05, 3.63) is 36.5 Å². The number of carbonyl (C=O) groups excluding carboxylic acids is 1. The van der Waals surface area contributed by atoms with Crippen molar-refractivity contribution in [2.75, 3.05) is 40.9 Å². The number of phosphoric ester groups is 1. The molecule has 0 heterocycles. The van der Waals surface area contributed by atoms with Crippen LogP contribution in [0.2, 0.25) is 0 Å². The van der Waals surface area contributed by atoms with E-state index in [-0.39, 0.29) is 19.1 Å². The van der Waals surface area contributed by atoms with Gasteiger partial charge in [0.25, 0.3) is 7.82 Å². The zero-order chi connectivity index (χ0) is 40.7. The van der Waals surface area contributed by atoms with Gasteiger partial charge in [0, 0.05) is 6.42 Å². The van der Waals surface area contributed by atoms with Gasteiger partial charge in [0.15, 0.2) is 0 Å². The zero-order valence-electron chi connectivity index (χ0n) is 36.6. The number of nitrogens with one attached hydrogen (secondary N) is 1. The normalized spacial score (nSPS) is 14.7. The molecule has 3 atom stereocenters. The summed E-state index contributed by atoms with van der Waals surface area (Å²) in [6, 6.07) is -0.881. The van der Waals surface area contributed by atoms with Crippen LogP contribution >= 0.6 is 7.82 Å². The minimum Gasteiger partial charge on any atom is -0.756 e. The van der Waals surface area contributed by atoms with Gasteiger partial charge in [0.05, 0.1) is 39.9 Å². The van der Waals surface area contributed by atoms with E-state index in [1.54, 1.807) is 6.08 Å². The summed E-state index contributed by atoms with van der Waals surface area (Å²) in [5, 5.41) is 13.6. The number of rotatable bonds is 41. The van der Waals surface area contributed by atoms with Crippen molar-refractivity contribution in [2.24, 2.45) is 0 Å². The van der Waals surface area contributed by atoms with Crippen LogP contribution in [-0.4, -0.2) is 68.5 Å². The summed E-state index contributed by atoms with van der Waals surface area (Å²) in [5.74, 6) is -0.203. The number of amides is 1. The number of allylic oxidation sites excluding steroid dienone is 5. The van der Waals surface area contributed by atoms with Crippen LogP contribution in [0.1, 0.15) is 200 Å². The molecule has 0 spiro atoms. The van der Waals surface area contributed by atoms with E-state index in [4.69, 9.17) is 9.05 Å². The Hall–Kier alpha value is -1.28. The number of nitrogens with zero attached hydrogens (tertiary/aromatic N) is 1. The Morgan fingerprint density at radius 3 is 1.53 bits per heavy atom. The zero-order valence-corrected chi connectivity index (χ0v) is 37.5. The van der Waals surface area contributed by atoms with Gasteiger partial charge in [-0.3, -0.25) is 9.36 Å². The molecule has 0 fully saturated rings. The highest BCUT2D eigenvalue weighted by molar-refractivity contribution is 7.45. The van der Waals surface area contributed by atoms with E-state index in [9.17, 15) is 19.4 Å². The van der Waals surface area contributed by atoms with Crippen molar-refractivity contribution in [2.45, 2.75) is 212 Å². The smallest absolute Gasteiger partial charge is 0.268 e. The molecular weight excluding hydrogens is 707 g/mol. The molecule has 0 radical (unpaired) electrons. The van der Waals surface area contributed by atoms with Crippen molar-refractivity contribution in [1.82, 2.24) is 5.32 Å². The van der Waals surface area contributed by atoms with E-state index >= 15 is 0 Å². The minimum atomic E-state index is -4.57. The molecule has 0 aromatic carbocycles. The number of hydrogen-bond acceptors (Lipinski definition) is 6. The quantitative estimate of drug-likeness (QED) is 0.0276. The summed E-state index contributed by atoms with van der Waals surface area (Å²) in [4.78, 5) is 25.1. The van der Waals surface area contributed by atoms with Crippen molar-refractivity contribution in [3.63, 3.8) is 0 Å². The molecule has 2 N–H and O–H groups in total. The molecule has 0 aromatic rings. The molecule has 0 aliphatic heterocycles. The second kappa shape index (κ2) is 38.2. The van der Waals surface area contributed by atoms with Crippen LogP contribution in [0.15, 0.2) is 36.5 Å². The van der Waals surface area contributed by atoms with Crippen LogP contribution < -0.4 is 10.2 Å². The third-order valence-corrected chi connectivity index (χ3v) is 11.1. The lowest BCUT2D eigenvalue weighted by molar-refractivity contribution is -0.870. The molecule has 9 heteroatoms. The Balaban J connectivity index is 3.99. The number of quaternary nitrogens is 1. The largest absolute Gasteiger partial charge is 0.756 e. The second-order valence-electron chi connectivity index (χ2n) is 16.8. The lowest BCUT2D eigenvalue weighted by Crippen LogP contribution is -2.45. The SMILES string of the molecule is CCCCCC/C=C/C(O)C(COP(=O)([O-])OCC[N+](C)(C)C)NC(=O)CCCCCCCCCCCCCCCCC/C=C\C/C=C\CCCCCCC. The number of hydrogen-bond donors (Lipinski definition) is 2. The number of aliphatic hydroxyl groups is 1. The molecule has 0 aliphatic carbocycles. The predicted molar refractivity (Wildman–Crippen MR) is 233 cm³/mol. The molecule has 0 aliphatic rings. The Kier molecular flexibility index (Phi) is 37.4. The minimum absolute atomic E-state index is 0.00143. The van der Waals surface area contributed by atoms with Crippen LogP contribution in [0, 0.1) is 0 Å². The molecule has 0 aromatic heterocycles. The molecule has 0 bridgehead atoms. The Morgan fingerprint density at radius 1 is 0.636 bits per heavy atom. The van der Waals surface area contributed by atoms with Crippen molar-refractivity contribution >= 4 is 13.7 Å². The maximum atomic E-state index is 12.8. The average Bonchev–Trinajstić information content (AvgIpc) is 3.13.